The predicted molar refractivity (Wildman–Crippen MR) is 229 cm³/mol. The molecule has 5 heterocycles. The predicted octanol–water partition coefficient (Wildman–Crippen LogP) is 14.2. The Bertz CT molecular complexity index is 2820. The molecular weight excluding hydrogens is 657 g/mol. The van der Waals surface area contributed by atoms with Crippen LogP contribution in [0.1, 0.15) is 89.0 Å². The van der Waals surface area contributed by atoms with E-state index in [-0.39, 0.29) is 0 Å². The van der Waals surface area contributed by atoms with Gasteiger partial charge in [0.25, 0.3) is 0 Å². The van der Waals surface area contributed by atoms with Gasteiger partial charge in [-0.05, 0) is 130 Å². The third kappa shape index (κ3) is 4.37. The van der Waals surface area contributed by atoms with Crippen molar-refractivity contribution in [2.45, 2.75) is 66.2 Å². The Kier molecular flexibility index (Phi) is 6.86. The highest BCUT2D eigenvalue weighted by Crippen LogP contribution is 2.54. The minimum absolute atomic E-state index is 1.01. The number of rotatable bonds is 6. The highest BCUT2D eigenvalue weighted by atomic mass is 14.8. The van der Waals surface area contributed by atoms with Crippen molar-refractivity contribution in [3.8, 4) is 44.5 Å². The standard InChI is InChI=1S/C50H42N4/c1-5-7-17-31-27(3)37-23-41-47-33-19-9-13-29-15-11-21-35(45(29)33)49(47)43(53-41)26-44-50-36-22-12-16-30-14-10-20-34(46(30)36)48(50)42(54-44)24-38-28(4)32(18-8-6-2)40(52-38)25-39(31)51-37/h9-16,19-26,53-54H,5-8,17-18H2,1-4H3. The van der Waals surface area contributed by atoms with Crippen LogP contribution in [-0.2, 0) is 0 Å². The average molecular weight is 699 g/mol. The second kappa shape index (κ2) is 11.8. The van der Waals surface area contributed by atoms with Crippen molar-refractivity contribution in [2.75, 3.05) is 0 Å². The first kappa shape index (κ1) is 31.5. The first-order valence-corrected chi connectivity index (χ1v) is 19.8. The van der Waals surface area contributed by atoms with Gasteiger partial charge in [0.05, 0.1) is 22.8 Å². The molecule has 2 aliphatic carbocycles. The molecule has 0 atom stereocenters. The molecular formula is C50H42N4. The summed E-state index contributed by atoms with van der Waals surface area (Å²) in [4.78, 5) is 18.9. The van der Waals surface area contributed by atoms with Crippen LogP contribution >= 0.6 is 0 Å². The van der Waals surface area contributed by atoms with Crippen molar-refractivity contribution in [1.29, 1.82) is 0 Å². The normalized spacial score (nSPS) is 13.9. The molecule has 4 heteroatoms. The van der Waals surface area contributed by atoms with Gasteiger partial charge in [0.1, 0.15) is 0 Å². The quantitative estimate of drug-likeness (QED) is 0.182. The van der Waals surface area contributed by atoms with Crippen LogP contribution in [0.2, 0.25) is 0 Å². The summed E-state index contributed by atoms with van der Waals surface area (Å²) in [5.74, 6) is 0. The van der Waals surface area contributed by atoms with E-state index in [1.165, 1.54) is 88.3 Å². The molecule has 8 bridgehead atoms. The van der Waals surface area contributed by atoms with E-state index in [4.69, 9.17) is 9.97 Å². The molecule has 54 heavy (non-hydrogen) atoms. The van der Waals surface area contributed by atoms with Crippen molar-refractivity contribution < 1.29 is 0 Å². The Morgan fingerprint density at radius 1 is 0.444 bits per heavy atom. The molecule has 4 aliphatic rings. The zero-order valence-electron chi connectivity index (χ0n) is 31.4. The third-order valence-electron chi connectivity index (χ3n) is 12.5. The lowest BCUT2D eigenvalue weighted by atomic mass is 9.97. The lowest BCUT2D eigenvalue weighted by Gasteiger charge is -2.06. The maximum absolute atomic E-state index is 5.45. The molecule has 2 aliphatic heterocycles. The highest BCUT2D eigenvalue weighted by Gasteiger charge is 2.30. The molecule has 0 saturated heterocycles. The van der Waals surface area contributed by atoms with E-state index in [0.29, 0.717) is 0 Å². The SMILES string of the molecule is CCCCC1=C(C)c2cc3[nH]c(cc4[nH]c(cc5nc(cc1n2)C(CCCC)=C5C)c1c4-c2cccc4cccc-1c24)c1c3-c2cccc3cccc-1c23. The van der Waals surface area contributed by atoms with Gasteiger partial charge >= 0.3 is 0 Å². The van der Waals surface area contributed by atoms with Crippen molar-refractivity contribution in [2.24, 2.45) is 0 Å². The topological polar surface area (TPSA) is 57.4 Å². The van der Waals surface area contributed by atoms with Crippen LogP contribution in [0.15, 0.2) is 97.1 Å². The van der Waals surface area contributed by atoms with Gasteiger partial charge in [-0.2, -0.15) is 0 Å². The number of unbranched alkanes of at least 4 members (excludes halogenated alkanes) is 2. The Morgan fingerprint density at radius 2 is 0.815 bits per heavy atom. The van der Waals surface area contributed by atoms with E-state index in [9.17, 15) is 0 Å². The lowest BCUT2D eigenvalue weighted by molar-refractivity contribution is 0.822. The molecule has 0 spiro atoms. The summed E-state index contributed by atoms with van der Waals surface area (Å²) in [6, 6.07) is 36.2. The summed E-state index contributed by atoms with van der Waals surface area (Å²) in [7, 11) is 0. The van der Waals surface area contributed by atoms with E-state index in [0.717, 1.165) is 83.4 Å². The van der Waals surface area contributed by atoms with Crippen LogP contribution in [0.5, 0.6) is 0 Å². The largest absolute Gasteiger partial charge is 0.354 e. The maximum Gasteiger partial charge on any atom is 0.0694 e. The van der Waals surface area contributed by atoms with Crippen LogP contribution in [0.25, 0.3) is 110 Å². The van der Waals surface area contributed by atoms with Crippen LogP contribution in [0, 0.1) is 0 Å². The third-order valence-corrected chi connectivity index (χ3v) is 12.5. The van der Waals surface area contributed by atoms with Crippen LogP contribution in [-0.4, -0.2) is 19.9 Å². The molecule has 2 N–H and O–H groups in total. The van der Waals surface area contributed by atoms with Crippen molar-refractivity contribution in [3.05, 3.63) is 120 Å². The number of aromatic amines is 2. The van der Waals surface area contributed by atoms with Crippen molar-refractivity contribution >= 4 is 65.9 Å². The number of nitrogens with zero attached hydrogens (tertiary/aromatic N) is 2. The Morgan fingerprint density at radius 3 is 1.19 bits per heavy atom. The number of nitrogens with one attached hydrogen (secondary N) is 2. The number of benzene rings is 4. The van der Waals surface area contributed by atoms with Gasteiger partial charge in [-0.1, -0.05) is 99.5 Å². The van der Waals surface area contributed by atoms with E-state index in [1.807, 2.05) is 0 Å². The number of H-pyrrole nitrogens is 2. The molecule has 4 nitrogen and oxygen atoms in total. The monoisotopic (exact) mass is 698 g/mol. The average Bonchev–Trinajstić information content (AvgIpc) is 4.00. The molecule has 3 aromatic heterocycles. The fourth-order valence-electron chi connectivity index (χ4n) is 9.81. The summed E-state index contributed by atoms with van der Waals surface area (Å²) in [5.41, 5.74) is 24.0. The van der Waals surface area contributed by atoms with Crippen molar-refractivity contribution in [1.82, 2.24) is 19.9 Å². The summed E-state index contributed by atoms with van der Waals surface area (Å²) in [6.07, 6.45) is 6.56. The summed E-state index contributed by atoms with van der Waals surface area (Å²) < 4.78 is 0. The number of allylic oxidation sites excluding steroid dienone is 4. The van der Waals surface area contributed by atoms with E-state index in [2.05, 4.69) is 135 Å². The van der Waals surface area contributed by atoms with Gasteiger partial charge in [0.2, 0.25) is 0 Å². The lowest BCUT2D eigenvalue weighted by Crippen LogP contribution is -1.88. The van der Waals surface area contributed by atoms with E-state index in [1.54, 1.807) is 0 Å². The summed E-state index contributed by atoms with van der Waals surface area (Å²) >= 11 is 0. The number of aromatic nitrogens is 4. The second-order valence-electron chi connectivity index (χ2n) is 15.6. The highest BCUT2D eigenvalue weighted by molar-refractivity contribution is 6.25. The van der Waals surface area contributed by atoms with Gasteiger partial charge in [-0.25, -0.2) is 9.97 Å². The molecule has 0 amide bonds. The van der Waals surface area contributed by atoms with Gasteiger partial charge < -0.3 is 9.97 Å². The van der Waals surface area contributed by atoms with Gasteiger partial charge in [0.15, 0.2) is 0 Å². The van der Waals surface area contributed by atoms with Gasteiger partial charge in [0, 0.05) is 44.3 Å². The molecule has 11 rings (SSSR count). The zero-order chi connectivity index (χ0) is 36.2. The molecule has 0 radical (unpaired) electrons. The molecule has 7 aromatic rings. The van der Waals surface area contributed by atoms with Crippen LogP contribution < -0.4 is 0 Å². The maximum atomic E-state index is 5.45. The number of fused-ring (bicyclic) bond motifs is 18. The zero-order valence-corrected chi connectivity index (χ0v) is 31.4. The molecule has 0 saturated carbocycles. The van der Waals surface area contributed by atoms with Crippen molar-refractivity contribution in [3.63, 3.8) is 0 Å². The molecule has 0 unspecified atom stereocenters. The molecule has 262 valence electrons. The Labute approximate surface area is 315 Å². The minimum Gasteiger partial charge on any atom is -0.354 e. The van der Waals surface area contributed by atoms with Crippen LogP contribution in [0.4, 0.5) is 0 Å². The molecule has 0 fully saturated rings. The number of hydrogen-bond acceptors (Lipinski definition) is 2. The van der Waals surface area contributed by atoms with Crippen LogP contribution in [0.3, 0.4) is 0 Å². The first-order valence-electron chi connectivity index (χ1n) is 19.8. The number of hydrogen-bond donors (Lipinski definition) is 2. The van der Waals surface area contributed by atoms with E-state index >= 15 is 0 Å². The van der Waals surface area contributed by atoms with Gasteiger partial charge in [-0.15, -0.1) is 0 Å². The minimum atomic E-state index is 1.01. The Hall–Kier alpha value is -6.00. The molecule has 4 aromatic carbocycles. The Balaban J connectivity index is 1.32. The first-order chi connectivity index (χ1) is 26.5. The fourth-order valence-corrected chi connectivity index (χ4v) is 9.81. The summed E-state index contributed by atoms with van der Waals surface area (Å²) in [5, 5.41) is 5.21. The fraction of sp³-hybridized carbons (Fsp3) is 0.200. The second-order valence-corrected chi connectivity index (χ2v) is 15.6. The summed E-state index contributed by atoms with van der Waals surface area (Å²) in [6.45, 7) is 9.08. The smallest absolute Gasteiger partial charge is 0.0694 e. The van der Waals surface area contributed by atoms with Gasteiger partial charge in [-0.3, -0.25) is 0 Å². The van der Waals surface area contributed by atoms with E-state index < -0.39 is 0 Å².